The Bertz CT molecular complexity index is 489. The van der Waals surface area contributed by atoms with E-state index in [0.29, 0.717) is 0 Å². The highest BCUT2D eigenvalue weighted by molar-refractivity contribution is 5.85. The van der Waals surface area contributed by atoms with Crippen LogP contribution in [0.15, 0.2) is 42.5 Å². The molecule has 2 aromatic rings. The zero-order valence-corrected chi connectivity index (χ0v) is 9.00. The summed E-state index contributed by atoms with van der Waals surface area (Å²) in [5.41, 5.74) is 0.722. The maximum Gasteiger partial charge on any atom is 0.262 e. The monoisotopic (exact) mass is 221 g/mol. The van der Waals surface area contributed by atoms with Gasteiger partial charge in [-0.15, -0.1) is 0 Å². The fourth-order valence-electron chi connectivity index (χ4n) is 1.56. The minimum Gasteiger partial charge on any atom is -0.379 e. The van der Waals surface area contributed by atoms with E-state index in [0.717, 1.165) is 23.4 Å². The number of alkyl halides is 2. The largest absolute Gasteiger partial charge is 0.379 e. The zero-order chi connectivity index (χ0) is 11.6. The molecular formula is C13H13F2N. The Morgan fingerprint density at radius 1 is 1.06 bits per heavy atom. The third-order valence-electron chi connectivity index (χ3n) is 2.35. The summed E-state index contributed by atoms with van der Waals surface area (Å²) in [6.45, 7) is 0.562. The van der Waals surface area contributed by atoms with E-state index >= 15 is 0 Å². The highest BCUT2D eigenvalue weighted by Gasteiger charge is 2.20. The number of halogens is 2. The van der Waals surface area contributed by atoms with E-state index in [1.807, 2.05) is 42.5 Å². The third-order valence-corrected chi connectivity index (χ3v) is 2.35. The van der Waals surface area contributed by atoms with Gasteiger partial charge in [-0.2, -0.15) is 0 Å². The molecule has 0 amide bonds. The summed E-state index contributed by atoms with van der Waals surface area (Å²) in [7, 11) is 0. The molecule has 16 heavy (non-hydrogen) atoms. The van der Waals surface area contributed by atoms with Gasteiger partial charge in [-0.05, 0) is 22.9 Å². The predicted octanol–water partition coefficient (Wildman–Crippen LogP) is 3.91. The number of fused-ring (bicyclic) bond motifs is 1. The molecule has 3 heteroatoms. The van der Waals surface area contributed by atoms with Crippen LogP contribution >= 0.6 is 0 Å². The van der Waals surface area contributed by atoms with Gasteiger partial charge in [0.2, 0.25) is 0 Å². The zero-order valence-electron chi connectivity index (χ0n) is 9.00. The van der Waals surface area contributed by atoms with Crippen molar-refractivity contribution in [3.8, 4) is 0 Å². The maximum absolute atomic E-state index is 12.7. The molecule has 1 nitrogen and oxygen atoms in total. The summed E-state index contributed by atoms with van der Waals surface area (Å²) in [6.07, 6.45) is 0. The molecule has 0 spiro atoms. The number of hydrogen-bond donors (Lipinski definition) is 1. The second kappa shape index (κ2) is 4.08. The van der Waals surface area contributed by atoms with Gasteiger partial charge in [-0.25, -0.2) is 8.78 Å². The number of hydrogen-bond acceptors (Lipinski definition) is 1. The Hall–Kier alpha value is -1.64. The topological polar surface area (TPSA) is 12.0 Å². The van der Waals surface area contributed by atoms with Gasteiger partial charge in [0, 0.05) is 12.6 Å². The van der Waals surface area contributed by atoms with Crippen LogP contribution in [0.25, 0.3) is 10.8 Å². The first kappa shape index (κ1) is 10.9. The molecule has 84 valence electrons. The van der Waals surface area contributed by atoms with E-state index in [1.165, 1.54) is 0 Å². The molecule has 2 rings (SSSR count). The van der Waals surface area contributed by atoms with E-state index in [-0.39, 0.29) is 6.54 Å². The summed E-state index contributed by atoms with van der Waals surface area (Å²) in [4.78, 5) is 0. The van der Waals surface area contributed by atoms with Gasteiger partial charge in [-0.1, -0.05) is 30.3 Å². The SMILES string of the molecule is CC(F)(F)CNc1ccc2ccccc2c1. The molecule has 0 aromatic heterocycles. The van der Waals surface area contributed by atoms with Gasteiger partial charge in [0.05, 0.1) is 6.54 Å². The lowest BCUT2D eigenvalue weighted by molar-refractivity contribution is 0.0368. The van der Waals surface area contributed by atoms with Crippen molar-refractivity contribution in [2.24, 2.45) is 0 Å². The molecule has 0 unspecified atom stereocenters. The first-order chi connectivity index (χ1) is 7.54. The van der Waals surface area contributed by atoms with Crippen molar-refractivity contribution in [2.75, 3.05) is 11.9 Å². The van der Waals surface area contributed by atoms with Crippen LogP contribution in [0.1, 0.15) is 6.92 Å². The van der Waals surface area contributed by atoms with Crippen molar-refractivity contribution in [1.29, 1.82) is 0 Å². The molecule has 2 aromatic carbocycles. The quantitative estimate of drug-likeness (QED) is 0.828. The average molecular weight is 221 g/mol. The Balaban J connectivity index is 2.20. The predicted molar refractivity (Wildman–Crippen MR) is 63.1 cm³/mol. The van der Waals surface area contributed by atoms with Crippen molar-refractivity contribution >= 4 is 16.5 Å². The lowest BCUT2D eigenvalue weighted by Gasteiger charge is -2.12. The second-order valence-corrected chi connectivity index (χ2v) is 3.99. The highest BCUT2D eigenvalue weighted by atomic mass is 19.3. The van der Waals surface area contributed by atoms with Gasteiger partial charge >= 0.3 is 0 Å². The van der Waals surface area contributed by atoms with Gasteiger partial charge in [-0.3, -0.25) is 0 Å². The molecule has 0 saturated heterocycles. The molecule has 0 aliphatic heterocycles. The van der Waals surface area contributed by atoms with E-state index in [2.05, 4.69) is 5.32 Å². The third kappa shape index (κ3) is 2.69. The lowest BCUT2D eigenvalue weighted by Crippen LogP contribution is -2.22. The van der Waals surface area contributed by atoms with Crippen LogP contribution in [0, 0.1) is 0 Å². The number of benzene rings is 2. The van der Waals surface area contributed by atoms with E-state index in [4.69, 9.17) is 0 Å². The first-order valence-electron chi connectivity index (χ1n) is 5.15. The molecule has 0 saturated carbocycles. The van der Waals surface area contributed by atoms with Crippen LogP contribution in [-0.4, -0.2) is 12.5 Å². The molecule has 0 heterocycles. The van der Waals surface area contributed by atoms with Crippen molar-refractivity contribution in [2.45, 2.75) is 12.8 Å². The van der Waals surface area contributed by atoms with Gasteiger partial charge in [0.1, 0.15) is 0 Å². The van der Waals surface area contributed by atoms with E-state index < -0.39 is 5.92 Å². The van der Waals surface area contributed by atoms with E-state index in [9.17, 15) is 8.78 Å². The summed E-state index contributed by atoms with van der Waals surface area (Å²) in [5, 5.41) is 4.88. The summed E-state index contributed by atoms with van der Waals surface area (Å²) >= 11 is 0. The Kier molecular flexibility index (Phi) is 2.77. The smallest absolute Gasteiger partial charge is 0.262 e. The van der Waals surface area contributed by atoms with Gasteiger partial charge < -0.3 is 5.32 Å². The summed E-state index contributed by atoms with van der Waals surface area (Å²) in [5.74, 6) is -2.69. The lowest BCUT2D eigenvalue weighted by atomic mass is 10.1. The molecule has 0 radical (unpaired) electrons. The van der Waals surface area contributed by atoms with Crippen molar-refractivity contribution in [3.05, 3.63) is 42.5 Å². The maximum atomic E-state index is 12.7. The van der Waals surface area contributed by atoms with Gasteiger partial charge in [0.15, 0.2) is 0 Å². The summed E-state index contributed by atoms with van der Waals surface area (Å²) in [6, 6.07) is 13.5. The number of anilines is 1. The van der Waals surface area contributed by atoms with Crippen LogP contribution in [0.3, 0.4) is 0 Å². The van der Waals surface area contributed by atoms with Crippen LogP contribution in [0.5, 0.6) is 0 Å². The molecule has 0 atom stereocenters. The fraction of sp³-hybridized carbons (Fsp3) is 0.231. The molecule has 0 bridgehead atoms. The normalized spacial score (nSPS) is 11.7. The Morgan fingerprint density at radius 2 is 1.75 bits per heavy atom. The Labute approximate surface area is 93.1 Å². The highest BCUT2D eigenvalue weighted by Crippen LogP contribution is 2.20. The molecular weight excluding hydrogens is 208 g/mol. The van der Waals surface area contributed by atoms with Crippen LogP contribution in [-0.2, 0) is 0 Å². The van der Waals surface area contributed by atoms with Crippen LogP contribution in [0.4, 0.5) is 14.5 Å². The molecule has 0 aliphatic rings. The number of nitrogens with one attached hydrogen (secondary N) is 1. The number of rotatable bonds is 3. The fourth-order valence-corrected chi connectivity index (χ4v) is 1.56. The average Bonchev–Trinajstić information content (AvgIpc) is 2.25. The van der Waals surface area contributed by atoms with E-state index in [1.54, 1.807) is 0 Å². The molecule has 0 fully saturated rings. The Morgan fingerprint density at radius 3 is 2.44 bits per heavy atom. The first-order valence-corrected chi connectivity index (χ1v) is 5.15. The van der Waals surface area contributed by atoms with Crippen molar-refractivity contribution < 1.29 is 8.78 Å². The molecule has 0 aliphatic carbocycles. The van der Waals surface area contributed by atoms with Gasteiger partial charge in [0.25, 0.3) is 5.92 Å². The summed E-state index contributed by atoms with van der Waals surface area (Å²) < 4.78 is 25.3. The van der Waals surface area contributed by atoms with Crippen LogP contribution < -0.4 is 5.32 Å². The van der Waals surface area contributed by atoms with Crippen LogP contribution in [0.2, 0.25) is 0 Å². The van der Waals surface area contributed by atoms with Crippen molar-refractivity contribution in [3.63, 3.8) is 0 Å². The minimum atomic E-state index is -2.69. The second-order valence-electron chi connectivity index (χ2n) is 3.99. The standard InChI is InChI=1S/C13H13F2N/c1-13(14,15)9-16-12-7-6-10-4-2-3-5-11(10)8-12/h2-8,16H,9H2,1H3. The minimum absolute atomic E-state index is 0.342. The molecule has 1 N–H and O–H groups in total. The van der Waals surface area contributed by atoms with Crippen molar-refractivity contribution in [1.82, 2.24) is 0 Å².